The SMILES string of the molecule is Cc1[nH]c2ccccc2c1C(C1CC1)N1CCNCC1. The van der Waals surface area contributed by atoms with Crippen molar-refractivity contribution in [2.45, 2.75) is 25.8 Å². The number of benzene rings is 1. The van der Waals surface area contributed by atoms with Crippen LogP contribution in [0.2, 0.25) is 0 Å². The fraction of sp³-hybridized carbons (Fsp3) is 0.529. The molecule has 3 heteroatoms. The molecular weight excluding hydrogens is 246 g/mol. The van der Waals surface area contributed by atoms with Crippen molar-refractivity contribution < 1.29 is 0 Å². The van der Waals surface area contributed by atoms with Gasteiger partial charge in [0.15, 0.2) is 0 Å². The van der Waals surface area contributed by atoms with E-state index in [1.54, 1.807) is 5.56 Å². The Kier molecular flexibility index (Phi) is 3.04. The van der Waals surface area contributed by atoms with E-state index < -0.39 is 0 Å². The maximum Gasteiger partial charge on any atom is 0.0459 e. The summed E-state index contributed by atoms with van der Waals surface area (Å²) in [7, 11) is 0. The highest BCUT2D eigenvalue weighted by molar-refractivity contribution is 5.85. The van der Waals surface area contributed by atoms with E-state index in [0.29, 0.717) is 6.04 Å². The topological polar surface area (TPSA) is 31.1 Å². The Labute approximate surface area is 120 Å². The number of para-hydroxylation sites is 1. The minimum absolute atomic E-state index is 0.619. The van der Waals surface area contributed by atoms with Gasteiger partial charge in [-0.3, -0.25) is 4.90 Å². The molecule has 106 valence electrons. The summed E-state index contributed by atoms with van der Waals surface area (Å²) in [5.74, 6) is 0.867. The number of fused-ring (bicyclic) bond motifs is 1. The molecule has 2 aromatic rings. The molecule has 1 aliphatic carbocycles. The van der Waals surface area contributed by atoms with E-state index in [1.807, 2.05) is 0 Å². The summed E-state index contributed by atoms with van der Waals surface area (Å²) in [6, 6.07) is 9.40. The predicted octanol–water partition coefficient (Wildman–Crippen LogP) is 2.83. The van der Waals surface area contributed by atoms with E-state index in [-0.39, 0.29) is 0 Å². The third-order valence-electron chi connectivity index (χ3n) is 4.85. The molecule has 0 radical (unpaired) electrons. The van der Waals surface area contributed by atoms with Crippen LogP contribution in [0, 0.1) is 12.8 Å². The zero-order valence-electron chi connectivity index (χ0n) is 12.2. The molecule has 1 aliphatic heterocycles. The molecule has 2 heterocycles. The lowest BCUT2D eigenvalue weighted by atomic mass is 9.97. The highest BCUT2D eigenvalue weighted by Gasteiger charge is 2.38. The molecule has 4 rings (SSSR count). The van der Waals surface area contributed by atoms with Gasteiger partial charge in [0.05, 0.1) is 0 Å². The maximum atomic E-state index is 3.59. The molecule has 2 fully saturated rings. The van der Waals surface area contributed by atoms with Gasteiger partial charge in [0.2, 0.25) is 0 Å². The summed E-state index contributed by atoms with van der Waals surface area (Å²) in [5.41, 5.74) is 4.22. The Morgan fingerprint density at radius 2 is 1.90 bits per heavy atom. The first kappa shape index (κ1) is 12.4. The van der Waals surface area contributed by atoms with Crippen LogP contribution < -0.4 is 5.32 Å². The van der Waals surface area contributed by atoms with Gasteiger partial charge in [-0.15, -0.1) is 0 Å². The predicted molar refractivity (Wildman–Crippen MR) is 82.9 cm³/mol. The van der Waals surface area contributed by atoms with Crippen LogP contribution in [0.4, 0.5) is 0 Å². The van der Waals surface area contributed by atoms with Gasteiger partial charge < -0.3 is 10.3 Å². The van der Waals surface area contributed by atoms with Gasteiger partial charge in [0.1, 0.15) is 0 Å². The van der Waals surface area contributed by atoms with Crippen LogP contribution in [0.25, 0.3) is 10.9 Å². The molecule has 0 amide bonds. The van der Waals surface area contributed by atoms with E-state index in [0.717, 1.165) is 19.0 Å². The molecule has 1 aromatic heterocycles. The van der Waals surface area contributed by atoms with Crippen molar-refractivity contribution in [1.29, 1.82) is 0 Å². The van der Waals surface area contributed by atoms with Crippen molar-refractivity contribution in [2.75, 3.05) is 26.2 Å². The Morgan fingerprint density at radius 3 is 2.65 bits per heavy atom. The average molecular weight is 269 g/mol. The second kappa shape index (κ2) is 4.90. The number of nitrogens with one attached hydrogen (secondary N) is 2. The molecule has 1 unspecified atom stereocenters. The third-order valence-corrected chi connectivity index (χ3v) is 4.85. The number of hydrogen-bond acceptors (Lipinski definition) is 2. The Balaban J connectivity index is 1.79. The largest absolute Gasteiger partial charge is 0.358 e. The summed E-state index contributed by atoms with van der Waals surface area (Å²) in [4.78, 5) is 6.29. The standard InChI is InChI=1S/C17H23N3/c1-12-16(14-4-2-3-5-15(14)19-12)17(13-6-7-13)20-10-8-18-9-11-20/h2-5,13,17-19H,6-11H2,1H3. The Bertz CT molecular complexity index is 606. The zero-order valence-corrected chi connectivity index (χ0v) is 12.2. The summed E-state index contributed by atoms with van der Waals surface area (Å²) in [6.45, 7) is 6.86. The zero-order chi connectivity index (χ0) is 13.5. The monoisotopic (exact) mass is 269 g/mol. The number of H-pyrrole nitrogens is 1. The highest BCUT2D eigenvalue weighted by Crippen LogP contribution is 2.47. The van der Waals surface area contributed by atoms with Crippen molar-refractivity contribution in [2.24, 2.45) is 5.92 Å². The second-order valence-corrected chi connectivity index (χ2v) is 6.28. The molecule has 1 aromatic carbocycles. The minimum Gasteiger partial charge on any atom is -0.358 e. The average Bonchev–Trinajstić information content (AvgIpc) is 3.25. The first-order valence-electron chi connectivity index (χ1n) is 7.86. The number of piperazine rings is 1. The Morgan fingerprint density at radius 1 is 1.15 bits per heavy atom. The molecule has 1 atom stereocenters. The van der Waals surface area contributed by atoms with Crippen LogP contribution in [0.3, 0.4) is 0 Å². The van der Waals surface area contributed by atoms with Crippen LogP contribution in [0.15, 0.2) is 24.3 Å². The molecule has 1 saturated heterocycles. The Hall–Kier alpha value is -1.32. The number of nitrogens with zero attached hydrogens (tertiary/aromatic N) is 1. The van der Waals surface area contributed by atoms with Crippen molar-refractivity contribution >= 4 is 10.9 Å². The molecule has 3 nitrogen and oxygen atoms in total. The first-order valence-corrected chi connectivity index (χ1v) is 7.86. The molecule has 2 N–H and O–H groups in total. The molecule has 1 saturated carbocycles. The fourth-order valence-corrected chi connectivity index (χ4v) is 3.77. The normalized spacial score (nSPS) is 22.2. The van der Waals surface area contributed by atoms with Crippen molar-refractivity contribution in [3.8, 4) is 0 Å². The van der Waals surface area contributed by atoms with Gasteiger partial charge in [-0.2, -0.15) is 0 Å². The van der Waals surface area contributed by atoms with Gasteiger partial charge in [0.25, 0.3) is 0 Å². The smallest absolute Gasteiger partial charge is 0.0459 e. The summed E-state index contributed by atoms with van der Waals surface area (Å²) in [5, 5.41) is 4.91. The van der Waals surface area contributed by atoms with Crippen LogP contribution in [0.5, 0.6) is 0 Å². The minimum atomic E-state index is 0.619. The molecule has 20 heavy (non-hydrogen) atoms. The fourth-order valence-electron chi connectivity index (χ4n) is 3.77. The van der Waals surface area contributed by atoms with E-state index >= 15 is 0 Å². The van der Waals surface area contributed by atoms with Gasteiger partial charge in [-0.1, -0.05) is 18.2 Å². The van der Waals surface area contributed by atoms with Crippen LogP contribution in [0.1, 0.15) is 30.1 Å². The van der Waals surface area contributed by atoms with E-state index in [9.17, 15) is 0 Å². The van der Waals surface area contributed by atoms with Crippen molar-refractivity contribution in [3.63, 3.8) is 0 Å². The second-order valence-electron chi connectivity index (χ2n) is 6.28. The van der Waals surface area contributed by atoms with Gasteiger partial charge in [0, 0.05) is 48.8 Å². The van der Waals surface area contributed by atoms with E-state index in [1.165, 1.54) is 42.5 Å². The number of hydrogen-bond donors (Lipinski definition) is 2. The summed E-state index contributed by atoms with van der Waals surface area (Å²) in [6.07, 6.45) is 2.79. The third kappa shape index (κ3) is 2.05. The number of rotatable bonds is 3. The van der Waals surface area contributed by atoms with Crippen LogP contribution in [-0.4, -0.2) is 36.1 Å². The quantitative estimate of drug-likeness (QED) is 0.897. The highest BCUT2D eigenvalue weighted by atomic mass is 15.2. The lowest BCUT2D eigenvalue weighted by Gasteiger charge is -2.35. The number of aromatic nitrogens is 1. The number of aryl methyl sites for hydroxylation is 1. The van der Waals surface area contributed by atoms with Crippen LogP contribution >= 0.6 is 0 Å². The molecule has 0 spiro atoms. The molecular formula is C17H23N3. The van der Waals surface area contributed by atoms with Crippen molar-refractivity contribution in [1.82, 2.24) is 15.2 Å². The number of aromatic amines is 1. The van der Waals surface area contributed by atoms with Crippen molar-refractivity contribution in [3.05, 3.63) is 35.5 Å². The lowest BCUT2D eigenvalue weighted by molar-refractivity contribution is 0.156. The maximum absolute atomic E-state index is 3.59. The summed E-state index contributed by atoms with van der Waals surface area (Å²) < 4.78 is 0. The first-order chi connectivity index (χ1) is 9.84. The van der Waals surface area contributed by atoms with Gasteiger partial charge in [-0.25, -0.2) is 0 Å². The van der Waals surface area contributed by atoms with Gasteiger partial charge in [-0.05, 0) is 37.3 Å². The van der Waals surface area contributed by atoms with Gasteiger partial charge >= 0.3 is 0 Å². The molecule has 2 aliphatic rings. The molecule has 0 bridgehead atoms. The van der Waals surface area contributed by atoms with E-state index in [2.05, 4.69) is 46.4 Å². The van der Waals surface area contributed by atoms with Crippen LogP contribution in [-0.2, 0) is 0 Å². The lowest BCUT2D eigenvalue weighted by Crippen LogP contribution is -2.45. The summed E-state index contributed by atoms with van der Waals surface area (Å²) >= 11 is 0. The van der Waals surface area contributed by atoms with E-state index in [4.69, 9.17) is 0 Å².